The van der Waals surface area contributed by atoms with Crippen LogP contribution < -0.4 is 15.1 Å². The molecular formula is C22H24F2N8. The quantitative estimate of drug-likeness (QED) is 0.671. The van der Waals surface area contributed by atoms with Gasteiger partial charge in [-0.25, -0.2) is 23.4 Å². The lowest BCUT2D eigenvalue weighted by Crippen LogP contribution is -2.48. The van der Waals surface area contributed by atoms with E-state index in [1.54, 1.807) is 12.4 Å². The second-order valence-electron chi connectivity index (χ2n) is 8.90. The Labute approximate surface area is 184 Å². The van der Waals surface area contributed by atoms with Crippen LogP contribution in [0.2, 0.25) is 0 Å². The van der Waals surface area contributed by atoms with Crippen molar-refractivity contribution in [2.45, 2.75) is 32.4 Å². The number of hydrogen-bond donors (Lipinski definition) is 1. The molecule has 0 unspecified atom stereocenters. The molecule has 32 heavy (non-hydrogen) atoms. The number of hydrogen-bond acceptors (Lipinski definition) is 7. The molecule has 6 rings (SSSR count). The number of benzene rings is 1. The minimum absolute atomic E-state index is 0.314. The normalized spacial score (nSPS) is 24.2. The van der Waals surface area contributed by atoms with Crippen LogP contribution in [0.25, 0.3) is 0 Å². The van der Waals surface area contributed by atoms with E-state index in [2.05, 4.69) is 25.3 Å². The predicted molar refractivity (Wildman–Crippen MR) is 116 cm³/mol. The Hall–Kier alpha value is -3.30. The first-order chi connectivity index (χ1) is 15.5. The van der Waals surface area contributed by atoms with Crippen LogP contribution in [0.1, 0.15) is 18.5 Å². The molecule has 2 aliphatic heterocycles. The zero-order valence-electron chi connectivity index (χ0n) is 17.7. The van der Waals surface area contributed by atoms with E-state index in [1.165, 1.54) is 6.07 Å². The number of nitrogens with zero attached hydrogens (tertiary/aromatic N) is 7. The Morgan fingerprint density at radius 1 is 1.00 bits per heavy atom. The first-order valence-corrected chi connectivity index (χ1v) is 11.0. The summed E-state index contributed by atoms with van der Waals surface area (Å²) in [6, 6.07) is 6.28. The lowest BCUT2D eigenvalue weighted by molar-refractivity contribution is 0.374. The van der Waals surface area contributed by atoms with Gasteiger partial charge in [0.2, 0.25) is 11.9 Å². The number of aryl methyl sites for hydroxylation is 1. The van der Waals surface area contributed by atoms with Crippen molar-refractivity contribution in [3.63, 3.8) is 0 Å². The Morgan fingerprint density at radius 3 is 2.56 bits per heavy atom. The minimum Gasteiger partial charge on any atom is -0.356 e. The SMILES string of the molecule is Cc1cc(N2C[C@H]3CC[C@@H](C2)[C@@H]3Nc2nc3n(n2)CCN3c2ccc(F)c(F)c2)ncn1. The molecule has 0 amide bonds. The molecule has 1 saturated heterocycles. The lowest BCUT2D eigenvalue weighted by Gasteiger charge is -2.38. The van der Waals surface area contributed by atoms with Crippen molar-refractivity contribution < 1.29 is 8.78 Å². The first-order valence-electron chi connectivity index (χ1n) is 11.0. The average molecular weight is 438 g/mol. The minimum atomic E-state index is -0.860. The van der Waals surface area contributed by atoms with E-state index in [0.717, 1.165) is 43.5 Å². The van der Waals surface area contributed by atoms with Crippen LogP contribution >= 0.6 is 0 Å². The summed E-state index contributed by atoms with van der Waals surface area (Å²) in [5.41, 5.74) is 1.56. The number of piperidine rings is 1. The molecule has 4 heterocycles. The first kappa shape index (κ1) is 19.4. The standard InChI is InChI=1S/C22H24F2N8/c1-13-8-19(26-12-25-13)30-10-14-2-3-15(11-30)20(14)27-21-28-22-31(6-7-32(22)29-21)16-4-5-17(23)18(24)9-16/h4-5,8-9,12,14-15,20H,2-3,6-7,10-11H2,1H3,(H,27,29)/t14-,15+,20-. The Kier molecular flexibility index (Phi) is 4.48. The van der Waals surface area contributed by atoms with Crippen molar-refractivity contribution >= 4 is 23.4 Å². The predicted octanol–water partition coefficient (Wildman–Crippen LogP) is 3.13. The van der Waals surface area contributed by atoms with Crippen LogP contribution in [0.3, 0.4) is 0 Å². The summed E-state index contributed by atoms with van der Waals surface area (Å²) in [7, 11) is 0. The molecule has 0 spiro atoms. The molecular weight excluding hydrogens is 414 g/mol. The maximum absolute atomic E-state index is 13.7. The third-order valence-electron chi connectivity index (χ3n) is 6.89. The monoisotopic (exact) mass is 438 g/mol. The number of nitrogens with one attached hydrogen (secondary N) is 1. The topological polar surface area (TPSA) is 75.0 Å². The van der Waals surface area contributed by atoms with Crippen LogP contribution in [-0.4, -0.2) is 50.4 Å². The second-order valence-corrected chi connectivity index (χ2v) is 8.90. The van der Waals surface area contributed by atoms with Gasteiger partial charge in [-0.3, -0.25) is 0 Å². The summed E-state index contributed by atoms with van der Waals surface area (Å²) in [6.45, 7) is 5.16. The van der Waals surface area contributed by atoms with Crippen LogP contribution in [0.15, 0.2) is 30.6 Å². The molecule has 1 aliphatic carbocycles. The molecule has 3 aliphatic rings. The third kappa shape index (κ3) is 3.25. The van der Waals surface area contributed by atoms with E-state index in [4.69, 9.17) is 4.98 Å². The summed E-state index contributed by atoms with van der Waals surface area (Å²) >= 11 is 0. The van der Waals surface area contributed by atoms with E-state index in [0.29, 0.717) is 48.6 Å². The summed E-state index contributed by atoms with van der Waals surface area (Å²) in [6.07, 6.45) is 3.96. The second kappa shape index (κ2) is 7.39. The number of halogens is 2. The van der Waals surface area contributed by atoms with Crippen LogP contribution in [0, 0.1) is 30.4 Å². The highest BCUT2D eigenvalue weighted by molar-refractivity contribution is 5.60. The highest BCUT2D eigenvalue weighted by Gasteiger charge is 2.43. The van der Waals surface area contributed by atoms with E-state index in [9.17, 15) is 8.78 Å². The molecule has 10 heteroatoms. The zero-order valence-corrected chi connectivity index (χ0v) is 17.7. The Balaban J connectivity index is 1.18. The molecule has 2 fully saturated rings. The van der Waals surface area contributed by atoms with E-state index < -0.39 is 11.6 Å². The van der Waals surface area contributed by atoms with Crippen molar-refractivity contribution in [2.24, 2.45) is 11.8 Å². The molecule has 166 valence electrons. The van der Waals surface area contributed by atoms with Gasteiger partial charge in [0.1, 0.15) is 12.1 Å². The van der Waals surface area contributed by atoms with Crippen LogP contribution in [0.5, 0.6) is 0 Å². The molecule has 1 N–H and O–H groups in total. The molecule has 3 atom stereocenters. The van der Waals surface area contributed by atoms with Gasteiger partial charge in [-0.2, -0.15) is 4.98 Å². The molecule has 3 aromatic rings. The zero-order chi connectivity index (χ0) is 21.8. The summed E-state index contributed by atoms with van der Waals surface area (Å²) in [4.78, 5) is 17.6. The molecule has 2 bridgehead atoms. The summed E-state index contributed by atoms with van der Waals surface area (Å²) in [5, 5.41) is 8.22. The van der Waals surface area contributed by atoms with Gasteiger partial charge in [-0.1, -0.05) is 0 Å². The molecule has 0 radical (unpaired) electrons. The van der Waals surface area contributed by atoms with Crippen LogP contribution in [0.4, 0.5) is 32.2 Å². The van der Waals surface area contributed by atoms with Crippen molar-refractivity contribution in [1.29, 1.82) is 0 Å². The average Bonchev–Trinajstić information content (AvgIpc) is 3.41. The molecule has 2 aromatic heterocycles. The van der Waals surface area contributed by atoms with Gasteiger partial charge in [0.15, 0.2) is 11.6 Å². The number of fused-ring (bicyclic) bond motifs is 3. The Morgan fingerprint density at radius 2 is 1.81 bits per heavy atom. The van der Waals surface area contributed by atoms with E-state index in [-0.39, 0.29) is 0 Å². The van der Waals surface area contributed by atoms with Gasteiger partial charge in [0.05, 0.1) is 6.54 Å². The van der Waals surface area contributed by atoms with Crippen molar-refractivity contribution in [3.8, 4) is 0 Å². The maximum atomic E-state index is 13.7. The van der Waals surface area contributed by atoms with Gasteiger partial charge < -0.3 is 15.1 Å². The summed E-state index contributed by atoms with van der Waals surface area (Å²) in [5.74, 6) is 1.51. The van der Waals surface area contributed by atoms with Crippen LogP contribution in [-0.2, 0) is 6.54 Å². The molecule has 8 nitrogen and oxygen atoms in total. The number of aromatic nitrogens is 5. The van der Waals surface area contributed by atoms with E-state index in [1.807, 2.05) is 22.6 Å². The van der Waals surface area contributed by atoms with Crippen molar-refractivity contribution in [3.05, 3.63) is 47.9 Å². The van der Waals surface area contributed by atoms with Gasteiger partial charge in [-0.15, -0.1) is 5.10 Å². The smallest absolute Gasteiger partial charge is 0.244 e. The highest BCUT2D eigenvalue weighted by atomic mass is 19.2. The highest BCUT2D eigenvalue weighted by Crippen LogP contribution is 2.40. The summed E-state index contributed by atoms with van der Waals surface area (Å²) < 4.78 is 28.9. The van der Waals surface area contributed by atoms with E-state index >= 15 is 0 Å². The van der Waals surface area contributed by atoms with Crippen molar-refractivity contribution in [1.82, 2.24) is 24.7 Å². The molecule has 1 aromatic carbocycles. The van der Waals surface area contributed by atoms with Gasteiger partial charge in [-0.05, 0) is 43.7 Å². The third-order valence-corrected chi connectivity index (χ3v) is 6.89. The fourth-order valence-corrected chi connectivity index (χ4v) is 5.34. The fourth-order valence-electron chi connectivity index (χ4n) is 5.34. The fraction of sp³-hybridized carbons (Fsp3) is 0.455. The largest absolute Gasteiger partial charge is 0.356 e. The van der Waals surface area contributed by atoms with Gasteiger partial charge in [0, 0.05) is 49.2 Å². The molecule has 1 saturated carbocycles. The van der Waals surface area contributed by atoms with Gasteiger partial charge >= 0.3 is 0 Å². The number of anilines is 4. The Bertz CT molecular complexity index is 1150. The van der Waals surface area contributed by atoms with Gasteiger partial charge in [0.25, 0.3) is 0 Å². The maximum Gasteiger partial charge on any atom is 0.244 e. The van der Waals surface area contributed by atoms with Crippen molar-refractivity contribution in [2.75, 3.05) is 34.8 Å². The lowest BCUT2D eigenvalue weighted by atomic mass is 9.92. The number of rotatable bonds is 4.